The van der Waals surface area contributed by atoms with Crippen molar-refractivity contribution in [2.75, 3.05) is 19.0 Å². The second-order valence-electron chi connectivity index (χ2n) is 6.56. The average Bonchev–Trinajstić information content (AvgIpc) is 2.77. The summed E-state index contributed by atoms with van der Waals surface area (Å²) < 4.78 is 9.99. The second kappa shape index (κ2) is 10.0. The van der Waals surface area contributed by atoms with Crippen LogP contribution < -0.4 is 20.2 Å². The lowest BCUT2D eigenvalue weighted by molar-refractivity contribution is -0.385. The first-order valence-electron chi connectivity index (χ1n) is 9.48. The van der Waals surface area contributed by atoms with Crippen LogP contribution >= 0.6 is 0 Å². The predicted molar refractivity (Wildman–Crippen MR) is 119 cm³/mol. The van der Waals surface area contributed by atoms with Gasteiger partial charge in [-0.05, 0) is 23.6 Å². The van der Waals surface area contributed by atoms with Gasteiger partial charge in [0.1, 0.15) is 0 Å². The molecule has 0 unspecified atom stereocenters. The Morgan fingerprint density at radius 3 is 2.59 bits per heavy atom. The lowest BCUT2D eigenvalue weighted by Crippen LogP contribution is -2.26. The van der Waals surface area contributed by atoms with E-state index < -0.39 is 22.5 Å². The molecule has 3 aromatic rings. The minimum atomic E-state index is -0.683. The zero-order valence-corrected chi connectivity index (χ0v) is 17.3. The minimum absolute atomic E-state index is 0.0534. The number of carbonyl (C=O) groups excluding carboxylic acids is 2. The number of anilines is 1. The number of rotatable bonds is 8. The topological polar surface area (TPSA) is 132 Å². The van der Waals surface area contributed by atoms with Crippen molar-refractivity contribution in [2.45, 2.75) is 6.92 Å². The van der Waals surface area contributed by atoms with E-state index in [1.54, 1.807) is 0 Å². The van der Waals surface area contributed by atoms with Crippen molar-refractivity contribution in [2.24, 2.45) is 5.10 Å². The number of carbonyl (C=O) groups is 2. The SMILES string of the molecule is COc1c(OC(C)=O)ccc(/C=N/NC(=O)CNc2cccc3ccccc23)c1[N+](=O)[O-]. The number of methoxy groups -OCH3 is 1. The minimum Gasteiger partial charge on any atom is -0.488 e. The van der Waals surface area contributed by atoms with Gasteiger partial charge < -0.3 is 14.8 Å². The number of amides is 1. The molecule has 0 atom stereocenters. The van der Waals surface area contributed by atoms with Crippen molar-refractivity contribution < 1.29 is 24.0 Å². The molecule has 164 valence electrons. The zero-order valence-electron chi connectivity index (χ0n) is 17.3. The van der Waals surface area contributed by atoms with Gasteiger partial charge in [-0.1, -0.05) is 36.4 Å². The summed E-state index contributed by atoms with van der Waals surface area (Å²) in [5.74, 6) is -1.41. The normalized spacial score (nSPS) is 10.7. The van der Waals surface area contributed by atoms with E-state index in [-0.39, 0.29) is 23.6 Å². The molecule has 0 bridgehead atoms. The van der Waals surface area contributed by atoms with Gasteiger partial charge in [-0.3, -0.25) is 19.7 Å². The Balaban J connectivity index is 1.70. The van der Waals surface area contributed by atoms with Crippen molar-refractivity contribution in [3.63, 3.8) is 0 Å². The predicted octanol–water partition coefficient (Wildman–Crippen LogP) is 3.24. The number of nitrogens with zero attached hydrogens (tertiary/aromatic N) is 2. The molecule has 3 rings (SSSR count). The van der Waals surface area contributed by atoms with Gasteiger partial charge in [0.25, 0.3) is 5.91 Å². The van der Waals surface area contributed by atoms with Crippen LogP contribution in [0.2, 0.25) is 0 Å². The van der Waals surface area contributed by atoms with E-state index in [1.165, 1.54) is 26.2 Å². The van der Waals surface area contributed by atoms with Gasteiger partial charge in [0.15, 0.2) is 5.75 Å². The molecule has 0 saturated carbocycles. The number of benzene rings is 3. The quantitative estimate of drug-likeness (QED) is 0.182. The molecule has 0 spiro atoms. The Morgan fingerprint density at radius 2 is 1.88 bits per heavy atom. The summed E-state index contributed by atoms with van der Waals surface area (Å²) in [6, 6.07) is 16.1. The van der Waals surface area contributed by atoms with Crippen LogP contribution in [0.3, 0.4) is 0 Å². The lowest BCUT2D eigenvalue weighted by Gasteiger charge is -2.10. The molecule has 0 aliphatic carbocycles. The molecule has 0 heterocycles. The molecular formula is C22H20N4O6. The van der Waals surface area contributed by atoms with Gasteiger partial charge in [0, 0.05) is 18.0 Å². The van der Waals surface area contributed by atoms with Gasteiger partial charge >= 0.3 is 11.7 Å². The van der Waals surface area contributed by atoms with E-state index in [4.69, 9.17) is 9.47 Å². The standard InChI is InChI=1S/C22H20N4O6/c1-14(27)32-19-11-10-16(21(26(29)30)22(19)31-2)12-24-25-20(28)13-23-18-9-5-7-15-6-3-4-8-17(15)18/h3-12,23H,13H2,1-2H3,(H,25,28)/b24-12+. The summed E-state index contributed by atoms with van der Waals surface area (Å²) in [7, 11) is 1.22. The van der Waals surface area contributed by atoms with E-state index in [2.05, 4.69) is 15.8 Å². The maximum absolute atomic E-state index is 12.2. The third-order valence-electron chi connectivity index (χ3n) is 4.39. The van der Waals surface area contributed by atoms with Crippen LogP contribution in [0.25, 0.3) is 10.8 Å². The molecule has 0 aliphatic heterocycles. The lowest BCUT2D eigenvalue weighted by atomic mass is 10.1. The third kappa shape index (κ3) is 5.17. The molecule has 10 heteroatoms. The summed E-state index contributed by atoms with van der Waals surface area (Å²) in [6.45, 7) is 1.12. The van der Waals surface area contributed by atoms with E-state index >= 15 is 0 Å². The van der Waals surface area contributed by atoms with E-state index in [1.807, 2.05) is 42.5 Å². The van der Waals surface area contributed by atoms with Crippen LogP contribution in [0.5, 0.6) is 11.5 Å². The van der Waals surface area contributed by atoms with Crippen molar-refractivity contribution in [1.29, 1.82) is 0 Å². The monoisotopic (exact) mass is 436 g/mol. The summed E-state index contributed by atoms with van der Waals surface area (Å²) in [5, 5.41) is 20.4. The molecule has 2 N–H and O–H groups in total. The van der Waals surface area contributed by atoms with Crippen LogP contribution in [-0.2, 0) is 9.59 Å². The Bertz CT molecular complexity index is 1200. The van der Waals surface area contributed by atoms with E-state index in [9.17, 15) is 19.7 Å². The highest BCUT2D eigenvalue weighted by atomic mass is 16.6. The number of fused-ring (bicyclic) bond motifs is 1. The number of ether oxygens (including phenoxy) is 2. The first-order valence-corrected chi connectivity index (χ1v) is 9.48. The maximum atomic E-state index is 12.2. The molecule has 0 saturated heterocycles. The fraction of sp³-hybridized carbons (Fsp3) is 0.136. The Hall–Kier alpha value is -4.47. The first-order chi connectivity index (χ1) is 15.4. The van der Waals surface area contributed by atoms with Gasteiger partial charge in [-0.15, -0.1) is 0 Å². The number of esters is 1. The van der Waals surface area contributed by atoms with E-state index in [0.717, 1.165) is 22.7 Å². The van der Waals surface area contributed by atoms with Crippen molar-refractivity contribution >= 4 is 40.2 Å². The highest BCUT2D eigenvalue weighted by Gasteiger charge is 2.25. The molecule has 0 aliphatic rings. The van der Waals surface area contributed by atoms with Gasteiger partial charge in [0.2, 0.25) is 5.75 Å². The smallest absolute Gasteiger partial charge is 0.323 e. The second-order valence-corrected chi connectivity index (χ2v) is 6.56. The molecule has 3 aromatic carbocycles. The van der Waals surface area contributed by atoms with Crippen molar-refractivity contribution in [1.82, 2.24) is 5.43 Å². The fourth-order valence-electron chi connectivity index (χ4n) is 3.06. The van der Waals surface area contributed by atoms with Crippen LogP contribution in [-0.4, -0.2) is 36.7 Å². The van der Waals surface area contributed by atoms with Crippen molar-refractivity contribution in [3.05, 3.63) is 70.3 Å². The third-order valence-corrected chi connectivity index (χ3v) is 4.39. The Morgan fingerprint density at radius 1 is 1.12 bits per heavy atom. The Labute approximate surface area is 183 Å². The van der Waals surface area contributed by atoms with Crippen LogP contribution in [0.15, 0.2) is 59.7 Å². The van der Waals surface area contributed by atoms with Gasteiger partial charge in [-0.2, -0.15) is 5.10 Å². The number of hydrogen-bond acceptors (Lipinski definition) is 8. The maximum Gasteiger partial charge on any atom is 0.323 e. The molecule has 10 nitrogen and oxygen atoms in total. The highest BCUT2D eigenvalue weighted by molar-refractivity contribution is 5.95. The Kier molecular flexibility index (Phi) is 6.96. The van der Waals surface area contributed by atoms with Crippen LogP contribution in [0, 0.1) is 10.1 Å². The summed E-state index contributed by atoms with van der Waals surface area (Å²) in [4.78, 5) is 34.2. The van der Waals surface area contributed by atoms with Gasteiger partial charge in [-0.25, -0.2) is 5.43 Å². The highest BCUT2D eigenvalue weighted by Crippen LogP contribution is 2.39. The first kappa shape index (κ1) is 22.2. The number of hydrogen-bond donors (Lipinski definition) is 2. The fourth-order valence-corrected chi connectivity index (χ4v) is 3.06. The number of nitrogens with one attached hydrogen (secondary N) is 2. The molecule has 0 radical (unpaired) electrons. The van der Waals surface area contributed by atoms with Crippen LogP contribution in [0.4, 0.5) is 11.4 Å². The van der Waals surface area contributed by atoms with Gasteiger partial charge in [0.05, 0.1) is 30.4 Å². The largest absolute Gasteiger partial charge is 0.488 e. The summed E-state index contributed by atoms with van der Waals surface area (Å²) in [6.07, 6.45) is 1.12. The molecule has 1 amide bonds. The summed E-state index contributed by atoms with van der Waals surface area (Å²) >= 11 is 0. The number of nitro benzene ring substituents is 1. The molecule has 0 aromatic heterocycles. The average molecular weight is 436 g/mol. The van der Waals surface area contributed by atoms with E-state index in [0.29, 0.717) is 0 Å². The number of nitro groups is 1. The summed E-state index contributed by atoms with van der Waals surface area (Å²) in [5.41, 5.74) is 2.73. The molecular weight excluding hydrogens is 416 g/mol. The van der Waals surface area contributed by atoms with Crippen molar-refractivity contribution in [3.8, 4) is 11.5 Å². The number of hydrazone groups is 1. The zero-order chi connectivity index (χ0) is 23.1. The molecule has 0 fully saturated rings. The molecule has 32 heavy (non-hydrogen) atoms. The van der Waals surface area contributed by atoms with Crippen LogP contribution in [0.1, 0.15) is 12.5 Å².